The van der Waals surface area contributed by atoms with Gasteiger partial charge in [-0.2, -0.15) is 0 Å². The van der Waals surface area contributed by atoms with Crippen molar-refractivity contribution in [3.63, 3.8) is 0 Å². The molecule has 0 aliphatic heterocycles. The maximum Gasteiger partial charge on any atom is 0.206 e. The molecule has 1 aromatic rings. The Morgan fingerprint density at radius 2 is 2.20 bits per heavy atom. The number of methoxy groups -OCH3 is 1. The minimum Gasteiger partial charge on any atom is -0.382 e. The molecule has 0 unspecified atom stereocenters. The molecular formula is C8H14BrN3O2S. The Labute approximate surface area is 101 Å². The number of hydrogen-bond acceptors (Lipinski definition) is 6. The van der Waals surface area contributed by atoms with E-state index in [4.69, 9.17) is 9.47 Å². The number of ether oxygens (including phenoxy) is 2. The molecule has 0 atom stereocenters. The molecule has 7 heteroatoms. The normalized spacial score (nSPS) is 10.5. The van der Waals surface area contributed by atoms with Gasteiger partial charge in [0.15, 0.2) is 3.92 Å². The number of anilines is 1. The molecule has 1 N–H and O–H groups in total. The number of rotatable bonds is 8. The first-order chi connectivity index (χ1) is 7.33. The highest BCUT2D eigenvalue weighted by atomic mass is 79.9. The Kier molecular flexibility index (Phi) is 6.82. The Morgan fingerprint density at radius 3 is 2.87 bits per heavy atom. The Morgan fingerprint density at radius 1 is 1.33 bits per heavy atom. The van der Waals surface area contributed by atoms with Crippen LogP contribution in [0.5, 0.6) is 0 Å². The molecule has 1 rings (SSSR count). The van der Waals surface area contributed by atoms with Crippen molar-refractivity contribution in [2.75, 3.05) is 38.8 Å². The van der Waals surface area contributed by atoms with E-state index in [1.807, 2.05) is 0 Å². The summed E-state index contributed by atoms with van der Waals surface area (Å²) < 4.78 is 11.0. The molecule has 0 bridgehead atoms. The van der Waals surface area contributed by atoms with E-state index >= 15 is 0 Å². The minimum absolute atomic E-state index is 0.650. The zero-order chi connectivity index (χ0) is 10.9. The van der Waals surface area contributed by atoms with Crippen LogP contribution in [0.25, 0.3) is 0 Å². The van der Waals surface area contributed by atoms with E-state index in [9.17, 15) is 0 Å². The summed E-state index contributed by atoms with van der Waals surface area (Å²) in [6.07, 6.45) is 0.945. The summed E-state index contributed by atoms with van der Waals surface area (Å²) in [6.45, 7) is 2.88. The molecule has 1 aromatic heterocycles. The largest absolute Gasteiger partial charge is 0.382 e. The van der Waals surface area contributed by atoms with Crippen LogP contribution in [0.3, 0.4) is 0 Å². The predicted molar refractivity (Wildman–Crippen MR) is 63.4 cm³/mol. The lowest BCUT2D eigenvalue weighted by Gasteiger charge is -2.03. The topological polar surface area (TPSA) is 56.3 Å². The zero-order valence-corrected chi connectivity index (χ0v) is 10.9. The Hall–Kier alpha value is -0.240. The highest BCUT2D eigenvalue weighted by molar-refractivity contribution is 9.11. The van der Waals surface area contributed by atoms with Crippen LogP contribution in [0.15, 0.2) is 3.92 Å². The summed E-state index contributed by atoms with van der Waals surface area (Å²) in [4.78, 5) is 0. The van der Waals surface area contributed by atoms with Crippen LogP contribution in [0.2, 0.25) is 0 Å². The average molecular weight is 296 g/mol. The second kappa shape index (κ2) is 7.98. The summed E-state index contributed by atoms with van der Waals surface area (Å²) in [7, 11) is 1.66. The van der Waals surface area contributed by atoms with Crippen LogP contribution >= 0.6 is 27.3 Å². The van der Waals surface area contributed by atoms with Crippen LogP contribution in [0, 0.1) is 0 Å². The van der Waals surface area contributed by atoms with Crippen LogP contribution in [-0.2, 0) is 9.47 Å². The van der Waals surface area contributed by atoms with Crippen LogP contribution < -0.4 is 5.32 Å². The van der Waals surface area contributed by atoms with Gasteiger partial charge in [0.1, 0.15) is 0 Å². The summed E-state index contributed by atoms with van der Waals surface area (Å²) in [5, 5.41) is 11.7. The van der Waals surface area contributed by atoms with Crippen molar-refractivity contribution in [1.29, 1.82) is 0 Å². The van der Waals surface area contributed by atoms with E-state index in [0.29, 0.717) is 13.2 Å². The third kappa shape index (κ3) is 6.03. The number of nitrogens with one attached hydrogen (secondary N) is 1. The Bertz CT molecular complexity index is 272. The highest BCUT2D eigenvalue weighted by Gasteiger charge is 1.98. The summed E-state index contributed by atoms with van der Waals surface area (Å²) in [5.74, 6) is 0. The van der Waals surface area contributed by atoms with Crippen LogP contribution in [-0.4, -0.2) is 43.7 Å². The van der Waals surface area contributed by atoms with Crippen molar-refractivity contribution in [1.82, 2.24) is 10.2 Å². The number of hydrogen-bond donors (Lipinski definition) is 1. The van der Waals surface area contributed by atoms with Gasteiger partial charge in [-0.3, -0.25) is 0 Å². The lowest BCUT2D eigenvalue weighted by atomic mass is 10.4. The second-order valence-electron chi connectivity index (χ2n) is 2.75. The highest BCUT2D eigenvalue weighted by Crippen LogP contribution is 2.19. The SMILES string of the molecule is COCCOCCCNc1nnc(Br)s1. The van der Waals surface area contributed by atoms with Gasteiger partial charge in [0.05, 0.1) is 13.2 Å². The van der Waals surface area contributed by atoms with Gasteiger partial charge in [-0.15, -0.1) is 10.2 Å². The van der Waals surface area contributed by atoms with Gasteiger partial charge in [-0.05, 0) is 22.4 Å². The molecule has 0 saturated carbocycles. The monoisotopic (exact) mass is 295 g/mol. The third-order valence-corrected chi connectivity index (χ3v) is 2.89. The number of aromatic nitrogens is 2. The lowest BCUT2D eigenvalue weighted by molar-refractivity contribution is 0.0705. The van der Waals surface area contributed by atoms with Gasteiger partial charge >= 0.3 is 0 Å². The molecule has 0 fully saturated rings. The lowest BCUT2D eigenvalue weighted by Crippen LogP contribution is -2.08. The van der Waals surface area contributed by atoms with Gasteiger partial charge in [0, 0.05) is 20.3 Å². The smallest absolute Gasteiger partial charge is 0.206 e. The molecule has 15 heavy (non-hydrogen) atoms. The third-order valence-electron chi connectivity index (χ3n) is 1.57. The van der Waals surface area contributed by atoms with Gasteiger partial charge in [-0.25, -0.2) is 0 Å². The molecule has 0 aromatic carbocycles. The van der Waals surface area contributed by atoms with E-state index in [2.05, 4.69) is 31.4 Å². The van der Waals surface area contributed by atoms with Gasteiger partial charge in [0.2, 0.25) is 5.13 Å². The molecule has 1 heterocycles. The first kappa shape index (κ1) is 12.8. The van der Waals surface area contributed by atoms with Crippen molar-refractivity contribution in [3.05, 3.63) is 3.92 Å². The summed E-state index contributed by atoms with van der Waals surface area (Å²) in [6, 6.07) is 0. The quantitative estimate of drug-likeness (QED) is 0.741. The molecule has 0 saturated heterocycles. The standard InChI is InChI=1S/C8H14BrN3O2S/c1-13-5-6-14-4-2-3-10-8-12-11-7(9)15-8/h2-6H2,1H3,(H,10,12). The Balaban J connectivity index is 1.93. The molecule has 5 nitrogen and oxygen atoms in total. The molecule has 0 amide bonds. The number of nitrogens with zero attached hydrogens (tertiary/aromatic N) is 2. The first-order valence-corrected chi connectivity index (χ1v) is 6.23. The maximum absolute atomic E-state index is 5.31. The van der Waals surface area contributed by atoms with E-state index in [0.717, 1.165) is 28.6 Å². The minimum atomic E-state index is 0.650. The molecule has 86 valence electrons. The van der Waals surface area contributed by atoms with Crippen LogP contribution in [0.4, 0.5) is 5.13 Å². The van der Waals surface area contributed by atoms with E-state index in [1.165, 1.54) is 11.3 Å². The molecule has 0 spiro atoms. The number of halogens is 1. The van der Waals surface area contributed by atoms with Gasteiger partial charge < -0.3 is 14.8 Å². The van der Waals surface area contributed by atoms with E-state index in [-0.39, 0.29) is 0 Å². The van der Waals surface area contributed by atoms with E-state index in [1.54, 1.807) is 7.11 Å². The van der Waals surface area contributed by atoms with Crippen LogP contribution in [0.1, 0.15) is 6.42 Å². The van der Waals surface area contributed by atoms with Crippen molar-refractivity contribution in [2.45, 2.75) is 6.42 Å². The van der Waals surface area contributed by atoms with Gasteiger partial charge in [-0.1, -0.05) is 11.3 Å². The molecule has 0 aliphatic carbocycles. The summed E-state index contributed by atoms with van der Waals surface area (Å²) >= 11 is 4.73. The van der Waals surface area contributed by atoms with Crippen molar-refractivity contribution >= 4 is 32.4 Å². The maximum atomic E-state index is 5.31. The fourth-order valence-electron chi connectivity index (χ4n) is 0.891. The van der Waals surface area contributed by atoms with Crippen molar-refractivity contribution in [3.8, 4) is 0 Å². The predicted octanol–water partition coefficient (Wildman–Crippen LogP) is 1.77. The average Bonchev–Trinajstić information content (AvgIpc) is 2.63. The molecule has 0 radical (unpaired) electrons. The van der Waals surface area contributed by atoms with Crippen molar-refractivity contribution < 1.29 is 9.47 Å². The van der Waals surface area contributed by atoms with Gasteiger partial charge in [0.25, 0.3) is 0 Å². The van der Waals surface area contributed by atoms with Crippen molar-refractivity contribution in [2.24, 2.45) is 0 Å². The summed E-state index contributed by atoms with van der Waals surface area (Å²) in [5.41, 5.74) is 0. The fourth-order valence-corrected chi connectivity index (χ4v) is 1.93. The van der Waals surface area contributed by atoms with E-state index < -0.39 is 0 Å². The second-order valence-corrected chi connectivity index (χ2v) is 5.00. The fraction of sp³-hybridized carbons (Fsp3) is 0.750. The molecular weight excluding hydrogens is 282 g/mol. The molecule has 0 aliphatic rings. The zero-order valence-electron chi connectivity index (χ0n) is 8.53. The first-order valence-electron chi connectivity index (χ1n) is 4.62.